The fourth-order valence-electron chi connectivity index (χ4n) is 1.46. The van der Waals surface area contributed by atoms with Gasteiger partial charge in [-0.2, -0.15) is 0 Å². The number of nitrogens with one attached hydrogen (secondary N) is 1. The highest BCUT2D eigenvalue weighted by molar-refractivity contribution is 7.92. The van der Waals surface area contributed by atoms with Gasteiger partial charge in [0.15, 0.2) is 0 Å². The van der Waals surface area contributed by atoms with Gasteiger partial charge in [0.2, 0.25) is 0 Å². The second kappa shape index (κ2) is 5.31. The molecule has 0 spiro atoms. The van der Waals surface area contributed by atoms with Gasteiger partial charge in [-0.1, -0.05) is 0 Å². The molecule has 0 amide bonds. The quantitative estimate of drug-likeness (QED) is 0.909. The third kappa shape index (κ3) is 3.25. The Morgan fingerprint density at radius 2 is 2.00 bits per heavy atom. The van der Waals surface area contributed by atoms with Gasteiger partial charge in [-0.15, -0.1) is 0 Å². The Hall–Kier alpha value is -2.02. The molecule has 0 aliphatic heterocycles. The number of rotatable bonds is 5. The first-order valence-electron chi connectivity index (χ1n) is 5.69. The summed E-state index contributed by atoms with van der Waals surface area (Å²) in [7, 11) is -3.69. The van der Waals surface area contributed by atoms with E-state index in [2.05, 4.69) is 9.71 Å². The van der Waals surface area contributed by atoms with Crippen LogP contribution in [-0.4, -0.2) is 20.0 Å². The molecular formula is C12H14N2O4S. The van der Waals surface area contributed by atoms with E-state index in [0.717, 1.165) is 0 Å². The van der Waals surface area contributed by atoms with Crippen LogP contribution in [0.25, 0.3) is 0 Å². The van der Waals surface area contributed by atoms with Crippen LogP contribution in [0.5, 0.6) is 5.75 Å². The summed E-state index contributed by atoms with van der Waals surface area (Å²) in [5.41, 5.74) is 0. The standard InChI is InChI=1S/C12H14N2O4S/c1-3-17-10-4-6-11(7-5-10)19(15,16)14-12-13-8-9(2)18-12/h4-8H,3H2,1-2H3,(H,13,14). The van der Waals surface area contributed by atoms with Crippen LogP contribution in [0, 0.1) is 6.92 Å². The molecule has 0 aliphatic carbocycles. The van der Waals surface area contributed by atoms with Gasteiger partial charge in [-0.3, -0.25) is 0 Å². The first-order valence-corrected chi connectivity index (χ1v) is 7.17. The number of benzene rings is 1. The monoisotopic (exact) mass is 282 g/mol. The van der Waals surface area contributed by atoms with Gasteiger partial charge in [-0.05, 0) is 38.1 Å². The molecule has 1 aromatic heterocycles. The van der Waals surface area contributed by atoms with Crippen molar-refractivity contribution in [2.75, 3.05) is 11.3 Å². The number of aryl methyl sites for hydroxylation is 1. The fourth-order valence-corrected chi connectivity index (χ4v) is 2.39. The predicted octanol–water partition coefficient (Wildman–Crippen LogP) is 2.18. The average molecular weight is 282 g/mol. The number of sulfonamides is 1. The number of oxazole rings is 1. The van der Waals surface area contributed by atoms with Gasteiger partial charge in [0.05, 0.1) is 17.7 Å². The minimum atomic E-state index is -3.69. The van der Waals surface area contributed by atoms with Crippen molar-refractivity contribution in [1.82, 2.24) is 4.98 Å². The third-order valence-corrected chi connectivity index (χ3v) is 3.62. The lowest BCUT2D eigenvalue weighted by Gasteiger charge is -2.06. The van der Waals surface area contributed by atoms with Crippen molar-refractivity contribution in [2.45, 2.75) is 18.7 Å². The molecule has 2 aromatic rings. The maximum absolute atomic E-state index is 12.0. The normalized spacial score (nSPS) is 11.3. The van der Waals surface area contributed by atoms with Crippen molar-refractivity contribution in [3.63, 3.8) is 0 Å². The van der Waals surface area contributed by atoms with Crippen LogP contribution in [0.1, 0.15) is 12.7 Å². The predicted molar refractivity (Wildman–Crippen MR) is 69.7 cm³/mol. The van der Waals surface area contributed by atoms with Crippen molar-refractivity contribution in [2.24, 2.45) is 0 Å². The Kier molecular flexibility index (Phi) is 3.75. The molecular weight excluding hydrogens is 268 g/mol. The summed E-state index contributed by atoms with van der Waals surface area (Å²) < 4.78 is 36.6. The maximum Gasteiger partial charge on any atom is 0.309 e. The van der Waals surface area contributed by atoms with Gasteiger partial charge >= 0.3 is 6.01 Å². The zero-order chi connectivity index (χ0) is 13.9. The van der Waals surface area contributed by atoms with E-state index in [-0.39, 0.29) is 10.9 Å². The first-order chi connectivity index (χ1) is 9.01. The Labute approximate surface area is 111 Å². The topological polar surface area (TPSA) is 81.4 Å². The van der Waals surface area contributed by atoms with Gasteiger partial charge in [0.1, 0.15) is 11.5 Å². The Bertz CT molecular complexity index is 647. The average Bonchev–Trinajstić information content (AvgIpc) is 2.75. The summed E-state index contributed by atoms with van der Waals surface area (Å²) in [6.07, 6.45) is 1.44. The Balaban J connectivity index is 2.19. The van der Waals surface area contributed by atoms with E-state index in [1.165, 1.54) is 18.3 Å². The van der Waals surface area contributed by atoms with E-state index < -0.39 is 10.0 Å². The van der Waals surface area contributed by atoms with Crippen LogP contribution in [0.2, 0.25) is 0 Å². The van der Waals surface area contributed by atoms with Crippen LogP contribution in [0.15, 0.2) is 39.8 Å². The summed E-state index contributed by atoms with van der Waals surface area (Å²) in [5, 5.41) is 0. The number of ether oxygens (including phenoxy) is 1. The molecule has 7 heteroatoms. The van der Waals surface area contributed by atoms with Gasteiger partial charge in [-0.25, -0.2) is 18.1 Å². The molecule has 0 radical (unpaired) electrons. The molecule has 0 saturated heterocycles. The Morgan fingerprint density at radius 1 is 1.32 bits per heavy atom. The van der Waals surface area contributed by atoms with Gasteiger partial charge in [0, 0.05) is 0 Å². The summed E-state index contributed by atoms with van der Waals surface area (Å²) >= 11 is 0. The second-order valence-electron chi connectivity index (χ2n) is 3.79. The minimum Gasteiger partial charge on any atom is -0.494 e. The minimum absolute atomic E-state index is 0.0496. The number of nitrogens with zero attached hydrogens (tertiary/aromatic N) is 1. The summed E-state index contributed by atoms with van der Waals surface area (Å²) in [6, 6.07) is 6.07. The van der Waals surface area contributed by atoms with Crippen LogP contribution in [0.3, 0.4) is 0 Å². The maximum atomic E-state index is 12.0. The SMILES string of the molecule is CCOc1ccc(S(=O)(=O)Nc2ncc(C)o2)cc1. The van der Waals surface area contributed by atoms with E-state index >= 15 is 0 Å². The van der Waals surface area contributed by atoms with Crippen molar-refractivity contribution in [1.29, 1.82) is 0 Å². The molecule has 0 atom stereocenters. The van der Waals surface area contributed by atoms with E-state index in [1.54, 1.807) is 19.1 Å². The van der Waals surface area contributed by atoms with Crippen LogP contribution in [0.4, 0.5) is 6.01 Å². The Morgan fingerprint density at radius 3 is 2.53 bits per heavy atom. The van der Waals surface area contributed by atoms with Crippen LogP contribution in [-0.2, 0) is 10.0 Å². The molecule has 1 aromatic carbocycles. The molecule has 1 heterocycles. The lowest BCUT2D eigenvalue weighted by molar-refractivity contribution is 0.340. The van der Waals surface area contributed by atoms with Crippen LogP contribution < -0.4 is 9.46 Å². The molecule has 19 heavy (non-hydrogen) atoms. The third-order valence-electron chi connectivity index (χ3n) is 2.29. The number of aromatic nitrogens is 1. The zero-order valence-electron chi connectivity index (χ0n) is 10.6. The molecule has 0 saturated carbocycles. The van der Waals surface area contributed by atoms with E-state index in [4.69, 9.17) is 9.15 Å². The molecule has 0 unspecified atom stereocenters. The summed E-state index contributed by atoms with van der Waals surface area (Å²) in [5.74, 6) is 1.15. The molecule has 6 nitrogen and oxygen atoms in total. The smallest absolute Gasteiger partial charge is 0.309 e. The molecule has 1 N–H and O–H groups in total. The lowest BCUT2D eigenvalue weighted by Crippen LogP contribution is -2.13. The molecule has 0 bridgehead atoms. The largest absolute Gasteiger partial charge is 0.494 e. The highest BCUT2D eigenvalue weighted by Crippen LogP contribution is 2.19. The van der Waals surface area contributed by atoms with Gasteiger partial charge in [0.25, 0.3) is 10.0 Å². The van der Waals surface area contributed by atoms with Crippen molar-refractivity contribution >= 4 is 16.0 Å². The van der Waals surface area contributed by atoms with E-state index in [1.807, 2.05) is 6.92 Å². The molecule has 102 valence electrons. The summed E-state index contributed by atoms with van der Waals surface area (Å²) in [6.45, 7) is 4.07. The fraction of sp³-hybridized carbons (Fsp3) is 0.250. The highest BCUT2D eigenvalue weighted by atomic mass is 32.2. The van der Waals surface area contributed by atoms with Crippen molar-refractivity contribution in [3.8, 4) is 5.75 Å². The molecule has 0 aliphatic rings. The number of anilines is 1. The lowest BCUT2D eigenvalue weighted by atomic mass is 10.3. The van der Waals surface area contributed by atoms with Gasteiger partial charge < -0.3 is 9.15 Å². The van der Waals surface area contributed by atoms with Crippen LogP contribution >= 0.6 is 0 Å². The highest BCUT2D eigenvalue weighted by Gasteiger charge is 2.16. The van der Waals surface area contributed by atoms with E-state index in [9.17, 15) is 8.42 Å². The zero-order valence-corrected chi connectivity index (χ0v) is 11.4. The summed E-state index contributed by atoms with van der Waals surface area (Å²) in [4.78, 5) is 3.91. The first kappa shape index (κ1) is 13.4. The molecule has 2 rings (SSSR count). The number of hydrogen-bond acceptors (Lipinski definition) is 5. The second-order valence-corrected chi connectivity index (χ2v) is 5.47. The van der Waals surface area contributed by atoms with Crippen molar-refractivity contribution < 1.29 is 17.6 Å². The number of hydrogen-bond donors (Lipinski definition) is 1. The van der Waals surface area contributed by atoms with Crippen molar-refractivity contribution in [3.05, 3.63) is 36.2 Å². The molecule has 0 fully saturated rings. The van der Waals surface area contributed by atoms with E-state index in [0.29, 0.717) is 18.1 Å².